The number of carboxylic acid groups (broad SMARTS) is 2. The quantitative estimate of drug-likeness (QED) is 0.720. The molecule has 6 N–H and O–H groups in total. The van der Waals surface area contributed by atoms with Crippen LogP contribution in [0.2, 0.25) is 0 Å². The molecule has 17 heavy (non-hydrogen) atoms. The van der Waals surface area contributed by atoms with Crippen LogP contribution < -0.4 is 0 Å². The van der Waals surface area contributed by atoms with Gasteiger partial charge in [0, 0.05) is 0 Å². The fraction of sp³-hybridized carbons (Fsp3) is 0.200. The van der Waals surface area contributed by atoms with E-state index in [0.717, 1.165) is 0 Å². The molecule has 0 amide bonds. The van der Waals surface area contributed by atoms with E-state index in [1.807, 2.05) is 0 Å². The van der Waals surface area contributed by atoms with E-state index in [9.17, 15) is 9.59 Å². The van der Waals surface area contributed by atoms with E-state index in [-0.39, 0.29) is 39.8 Å². The largest absolute Gasteiger partial charge is 2.00 e. The molecule has 0 fully saturated rings. The molecule has 0 aliphatic rings. The third-order valence-corrected chi connectivity index (χ3v) is 1.88. The second-order valence-electron chi connectivity index (χ2n) is 2.92. The first-order valence-electron chi connectivity index (χ1n) is 4.11. The van der Waals surface area contributed by atoms with Crippen molar-refractivity contribution in [1.82, 2.24) is 0 Å². The maximum atomic E-state index is 10.6. The minimum atomic E-state index is -1.36. The molecule has 0 saturated heterocycles. The Labute approximate surface area is 113 Å². The normalized spacial score (nSPS) is 8.29. The Kier molecular flexibility index (Phi) is 12.4. The molecular weight excluding hydrogens is 407 g/mol. The summed E-state index contributed by atoms with van der Waals surface area (Å²) in [6.07, 6.45) is 0.0194. The van der Waals surface area contributed by atoms with Gasteiger partial charge in [0.15, 0.2) is 5.92 Å². The van der Waals surface area contributed by atoms with Gasteiger partial charge in [-0.05, 0) is 12.0 Å². The van der Waals surface area contributed by atoms with Gasteiger partial charge in [-0.15, -0.1) is 0 Å². The standard InChI is InChI=1S/C10H10O4.2H2N.Pt/c11-9(12)8(10(13)14)6-7-4-2-1-3-5-7;;;/h1-5,8H,6H2,(H,11,12)(H,13,14);2*1H2;/q;2*-1;+2. The van der Waals surface area contributed by atoms with Crippen molar-refractivity contribution in [1.29, 1.82) is 0 Å². The third kappa shape index (κ3) is 6.84. The average molecular weight is 421 g/mol. The van der Waals surface area contributed by atoms with Gasteiger partial charge >= 0.3 is 33.0 Å². The summed E-state index contributed by atoms with van der Waals surface area (Å²) < 4.78 is 0. The van der Waals surface area contributed by atoms with Crippen molar-refractivity contribution in [3.05, 3.63) is 48.2 Å². The molecule has 0 atom stereocenters. The van der Waals surface area contributed by atoms with Crippen LogP contribution in [0.15, 0.2) is 30.3 Å². The van der Waals surface area contributed by atoms with Gasteiger partial charge in [0.2, 0.25) is 0 Å². The van der Waals surface area contributed by atoms with Crippen molar-refractivity contribution in [3.63, 3.8) is 0 Å². The number of nitrogens with two attached hydrogens (primary N) is 2. The molecule has 98 valence electrons. The number of hydrogen-bond acceptors (Lipinski definition) is 2. The molecule has 0 bridgehead atoms. The van der Waals surface area contributed by atoms with Crippen LogP contribution >= 0.6 is 0 Å². The fourth-order valence-corrected chi connectivity index (χ4v) is 1.13. The zero-order valence-electron chi connectivity index (χ0n) is 8.85. The van der Waals surface area contributed by atoms with Gasteiger partial charge in [-0.3, -0.25) is 9.59 Å². The molecule has 1 aromatic carbocycles. The van der Waals surface area contributed by atoms with Crippen molar-refractivity contribution in [3.8, 4) is 0 Å². The van der Waals surface area contributed by atoms with E-state index >= 15 is 0 Å². The number of benzene rings is 1. The number of rotatable bonds is 4. The number of carboxylic acids is 2. The van der Waals surface area contributed by atoms with E-state index < -0.39 is 17.9 Å². The van der Waals surface area contributed by atoms with Crippen molar-refractivity contribution in [2.24, 2.45) is 5.92 Å². The summed E-state index contributed by atoms with van der Waals surface area (Å²) in [6.45, 7) is 0. The van der Waals surface area contributed by atoms with E-state index in [4.69, 9.17) is 10.2 Å². The maximum Gasteiger partial charge on any atom is 2.00 e. The first-order chi connectivity index (χ1) is 6.61. The molecular formula is C10H14N2O4Pt. The third-order valence-electron chi connectivity index (χ3n) is 1.88. The molecule has 0 spiro atoms. The van der Waals surface area contributed by atoms with E-state index in [0.29, 0.717) is 5.56 Å². The first kappa shape index (κ1) is 21.1. The van der Waals surface area contributed by atoms with Crippen LogP contribution in [0.3, 0.4) is 0 Å². The Hall–Kier alpha value is -1.23. The zero-order valence-corrected chi connectivity index (χ0v) is 11.1. The van der Waals surface area contributed by atoms with Gasteiger partial charge in [-0.2, -0.15) is 0 Å². The van der Waals surface area contributed by atoms with Crippen LogP contribution in [0.5, 0.6) is 0 Å². The molecule has 6 nitrogen and oxygen atoms in total. The van der Waals surface area contributed by atoms with Crippen molar-refractivity contribution >= 4 is 11.9 Å². The van der Waals surface area contributed by atoms with Crippen LogP contribution in [0.25, 0.3) is 12.3 Å². The molecule has 7 heteroatoms. The molecule has 0 aromatic heterocycles. The molecule has 0 aliphatic heterocycles. The Balaban J connectivity index is -0.000000653. The summed E-state index contributed by atoms with van der Waals surface area (Å²) in [7, 11) is 0. The summed E-state index contributed by atoms with van der Waals surface area (Å²) in [4.78, 5) is 21.1. The fourth-order valence-electron chi connectivity index (χ4n) is 1.13. The Morgan fingerprint density at radius 3 is 1.76 bits per heavy atom. The summed E-state index contributed by atoms with van der Waals surface area (Å²) in [6, 6.07) is 8.70. The zero-order chi connectivity index (χ0) is 10.6. The van der Waals surface area contributed by atoms with Gasteiger partial charge in [0.25, 0.3) is 0 Å². The monoisotopic (exact) mass is 421 g/mol. The molecule has 0 saturated carbocycles. The van der Waals surface area contributed by atoms with Gasteiger partial charge in [-0.1, -0.05) is 30.3 Å². The van der Waals surface area contributed by atoms with Crippen LogP contribution in [-0.4, -0.2) is 22.2 Å². The van der Waals surface area contributed by atoms with E-state index in [1.165, 1.54) is 0 Å². The van der Waals surface area contributed by atoms with Crippen LogP contribution in [0.4, 0.5) is 0 Å². The predicted molar refractivity (Wildman–Crippen MR) is 59.5 cm³/mol. The molecule has 0 aliphatic carbocycles. The molecule has 0 heterocycles. The Bertz CT molecular complexity index is 331. The number of hydrogen-bond donors (Lipinski definition) is 2. The first-order valence-corrected chi connectivity index (χ1v) is 4.11. The smallest absolute Gasteiger partial charge is 0.693 e. The average Bonchev–Trinajstić information content (AvgIpc) is 2.15. The summed E-state index contributed by atoms with van der Waals surface area (Å²) in [5, 5.41) is 17.2. The SMILES string of the molecule is O=C(O)C(Cc1ccccc1)C(=O)O.[NH2-].[NH2-].[Pt+2]. The van der Waals surface area contributed by atoms with Crippen LogP contribution in [0.1, 0.15) is 5.56 Å². The predicted octanol–water partition coefficient (Wildman–Crippen LogP) is 2.45. The van der Waals surface area contributed by atoms with E-state index in [1.54, 1.807) is 30.3 Å². The summed E-state index contributed by atoms with van der Waals surface area (Å²) >= 11 is 0. The van der Waals surface area contributed by atoms with Crippen molar-refractivity contribution in [2.45, 2.75) is 6.42 Å². The van der Waals surface area contributed by atoms with Crippen LogP contribution in [0, 0.1) is 5.92 Å². The summed E-state index contributed by atoms with van der Waals surface area (Å²) in [5.74, 6) is -3.97. The molecule has 0 unspecified atom stereocenters. The van der Waals surface area contributed by atoms with Crippen molar-refractivity contribution in [2.75, 3.05) is 0 Å². The summed E-state index contributed by atoms with van der Waals surface area (Å²) in [5.41, 5.74) is 0.710. The van der Waals surface area contributed by atoms with Crippen molar-refractivity contribution < 1.29 is 40.9 Å². The second-order valence-corrected chi connectivity index (χ2v) is 2.92. The van der Waals surface area contributed by atoms with Gasteiger partial charge < -0.3 is 22.5 Å². The number of carbonyl (C=O) groups is 2. The molecule has 0 radical (unpaired) electrons. The molecule has 1 rings (SSSR count). The second kappa shape index (κ2) is 9.96. The minimum absolute atomic E-state index is 0. The van der Waals surface area contributed by atoms with Gasteiger partial charge in [0.05, 0.1) is 0 Å². The Morgan fingerprint density at radius 2 is 1.41 bits per heavy atom. The Morgan fingerprint density at radius 1 is 1.00 bits per heavy atom. The number of aliphatic carboxylic acids is 2. The minimum Gasteiger partial charge on any atom is -0.693 e. The maximum absolute atomic E-state index is 10.6. The van der Waals surface area contributed by atoms with E-state index in [2.05, 4.69) is 0 Å². The molecule has 1 aromatic rings. The van der Waals surface area contributed by atoms with Gasteiger partial charge in [-0.25, -0.2) is 0 Å². The topological polar surface area (TPSA) is 142 Å². The van der Waals surface area contributed by atoms with Gasteiger partial charge in [0.1, 0.15) is 0 Å². The van der Waals surface area contributed by atoms with Crippen LogP contribution in [-0.2, 0) is 37.1 Å².